The topological polar surface area (TPSA) is 33.1 Å². The lowest BCUT2D eigenvalue weighted by molar-refractivity contribution is 0.479. The number of halogens is 1. The summed E-state index contributed by atoms with van der Waals surface area (Å²) in [6.45, 7) is 0. The van der Waals surface area contributed by atoms with Crippen LogP contribution >= 0.6 is 11.3 Å². The van der Waals surface area contributed by atoms with E-state index in [1.54, 1.807) is 12.1 Å². The van der Waals surface area contributed by atoms with Crippen LogP contribution in [0.3, 0.4) is 0 Å². The van der Waals surface area contributed by atoms with Crippen LogP contribution in [0, 0.1) is 5.26 Å². The molecule has 0 aliphatic heterocycles. The van der Waals surface area contributed by atoms with E-state index >= 15 is 0 Å². The predicted molar refractivity (Wildman–Crippen MR) is 41.2 cm³/mol. The van der Waals surface area contributed by atoms with Crippen LogP contribution in [0.15, 0.2) is 18.2 Å². The van der Waals surface area contributed by atoms with E-state index in [1.165, 1.54) is 6.07 Å². The van der Waals surface area contributed by atoms with Crippen LogP contribution in [0.4, 0.5) is 4.39 Å². The second-order valence-corrected chi connectivity index (χ2v) is 3.07. The summed E-state index contributed by atoms with van der Waals surface area (Å²) in [5.74, 6) is 0.0302. The Morgan fingerprint density at radius 1 is 1.45 bits per heavy atom. The number of nitrogens with zero attached hydrogens (tertiary/aromatic N) is 1. The van der Waals surface area contributed by atoms with E-state index in [4.69, 9.17) is 5.11 Å². The number of phenolic OH excluding ortho intramolecular Hbond substituents is 1. The normalized spacial score (nSPS) is 10.6. The Morgan fingerprint density at radius 2 is 2.27 bits per heavy atom. The van der Waals surface area contributed by atoms with Crippen molar-refractivity contribution in [1.82, 2.24) is 4.98 Å². The molecular formula is C7H4FNOS. The van der Waals surface area contributed by atoms with Crippen LogP contribution in [0.2, 0.25) is 0 Å². The van der Waals surface area contributed by atoms with Gasteiger partial charge in [0.05, 0.1) is 4.70 Å². The highest BCUT2D eigenvalue weighted by Crippen LogP contribution is 2.27. The van der Waals surface area contributed by atoms with Crippen molar-refractivity contribution < 1.29 is 9.50 Å². The summed E-state index contributed by atoms with van der Waals surface area (Å²) in [4.78, 5) is 3.51. The monoisotopic (exact) mass is 169 g/mol. The molecule has 1 aromatic heterocycles. The minimum absolute atomic E-state index is 0.0302. The molecule has 0 amide bonds. The summed E-state index contributed by atoms with van der Waals surface area (Å²) in [6, 6.07) is 4.87. The van der Waals surface area contributed by atoms with E-state index < -0.39 is 5.26 Å². The summed E-state index contributed by atoms with van der Waals surface area (Å²) in [5, 5.41) is 8.65. The maximum absolute atomic E-state index is 12.5. The molecule has 2 aromatic rings. The third kappa shape index (κ3) is 0.952. The third-order valence-electron chi connectivity index (χ3n) is 1.37. The van der Waals surface area contributed by atoms with Gasteiger partial charge in [-0.15, -0.1) is 0 Å². The Labute approximate surface area is 65.9 Å². The van der Waals surface area contributed by atoms with Gasteiger partial charge in [-0.3, -0.25) is 0 Å². The molecule has 1 N–H and O–H groups in total. The number of fused-ring (bicyclic) bond motifs is 1. The number of thiazole rings is 1. The zero-order chi connectivity index (χ0) is 7.84. The standard InChI is InChI=1S/C7H4FNOS/c8-7-9-6-4(10)2-1-3-5(6)11-7/h1-3,10H. The predicted octanol–water partition coefficient (Wildman–Crippen LogP) is 2.14. The van der Waals surface area contributed by atoms with Crippen molar-refractivity contribution in [3.05, 3.63) is 23.5 Å². The summed E-state index contributed by atoms with van der Waals surface area (Å²) >= 11 is 0.929. The van der Waals surface area contributed by atoms with Crippen LogP contribution in [0.1, 0.15) is 0 Å². The van der Waals surface area contributed by atoms with Crippen LogP contribution in [0.5, 0.6) is 5.75 Å². The molecule has 0 saturated carbocycles. The third-order valence-corrected chi connectivity index (χ3v) is 2.18. The van der Waals surface area contributed by atoms with Crippen molar-refractivity contribution >= 4 is 21.6 Å². The van der Waals surface area contributed by atoms with Gasteiger partial charge in [-0.1, -0.05) is 17.4 Å². The summed E-state index contributed by atoms with van der Waals surface area (Å²) in [7, 11) is 0. The Kier molecular flexibility index (Phi) is 1.29. The van der Waals surface area contributed by atoms with E-state index in [0.29, 0.717) is 10.2 Å². The van der Waals surface area contributed by atoms with Crippen molar-refractivity contribution in [2.75, 3.05) is 0 Å². The van der Waals surface area contributed by atoms with Crippen molar-refractivity contribution in [1.29, 1.82) is 0 Å². The molecule has 0 fully saturated rings. The summed E-state index contributed by atoms with van der Waals surface area (Å²) in [6.07, 6.45) is 0. The highest BCUT2D eigenvalue weighted by molar-refractivity contribution is 7.17. The van der Waals surface area contributed by atoms with Gasteiger partial charge < -0.3 is 5.11 Å². The lowest BCUT2D eigenvalue weighted by Crippen LogP contribution is -1.69. The highest BCUT2D eigenvalue weighted by Gasteiger charge is 2.05. The molecule has 0 spiro atoms. The minimum atomic E-state index is -0.512. The SMILES string of the molecule is Oc1cccc2sc(F)nc12. The number of aromatic hydroxyl groups is 1. The van der Waals surface area contributed by atoms with E-state index in [0.717, 1.165) is 11.3 Å². The molecule has 0 aliphatic carbocycles. The van der Waals surface area contributed by atoms with Gasteiger partial charge in [0.15, 0.2) is 0 Å². The van der Waals surface area contributed by atoms with Gasteiger partial charge in [-0.25, -0.2) is 4.98 Å². The molecule has 56 valence electrons. The van der Waals surface area contributed by atoms with E-state index in [1.807, 2.05) is 0 Å². The molecule has 1 aromatic carbocycles. The summed E-state index contributed by atoms with van der Waals surface area (Å²) in [5.41, 5.74) is 0.343. The Balaban J connectivity index is 2.90. The average Bonchev–Trinajstić information content (AvgIpc) is 2.31. The number of hydrogen-bond acceptors (Lipinski definition) is 3. The average molecular weight is 169 g/mol. The lowest BCUT2D eigenvalue weighted by Gasteiger charge is -1.88. The highest BCUT2D eigenvalue weighted by atomic mass is 32.1. The van der Waals surface area contributed by atoms with Gasteiger partial charge in [0.25, 0.3) is 5.26 Å². The number of para-hydroxylation sites is 1. The molecular weight excluding hydrogens is 165 g/mol. The van der Waals surface area contributed by atoms with Crippen molar-refractivity contribution in [2.45, 2.75) is 0 Å². The first kappa shape index (κ1) is 6.54. The van der Waals surface area contributed by atoms with Crippen LogP contribution in [0.25, 0.3) is 10.2 Å². The van der Waals surface area contributed by atoms with Crippen LogP contribution < -0.4 is 0 Å². The first-order chi connectivity index (χ1) is 5.27. The lowest BCUT2D eigenvalue weighted by atomic mass is 10.3. The molecule has 0 atom stereocenters. The first-order valence-corrected chi connectivity index (χ1v) is 3.83. The number of benzene rings is 1. The number of rotatable bonds is 0. The van der Waals surface area contributed by atoms with Crippen molar-refractivity contribution in [3.63, 3.8) is 0 Å². The smallest absolute Gasteiger partial charge is 0.270 e. The first-order valence-electron chi connectivity index (χ1n) is 3.01. The molecule has 4 heteroatoms. The van der Waals surface area contributed by atoms with Gasteiger partial charge in [-0.2, -0.15) is 4.39 Å². The number of hydrogen-bond donors (Lipinski definition) is 1. The Morgan fingerprint density at radius 3 is 3.00 bits per heavy atom. The zero-order valence-corrected chi connectivity index (χ0v) is 6.23. The molecule has 2 nitrogen and oxygen atoms in total. The van der Waals surface area contributed by atoms with Crippen LogP contribution in [-0.2, 0) is 0 Å². The maximum atomic E-state index is 12.5. The number of aromatic nitrogens is 1. The van der Waals surface area contributed by atoms with Gasteiger partial charge in [-0.05, 0) is 12.1 Å². The van der Waals surface area contributed by atoms with Gasteiger partial charge in [0.2, 0.25) is 0 Å². The minimum Gasteiger partial charge on any atom is -0.506 e. The number of phenols is 1. The molecule has 0 radical (unpaired) electrons. The zero-order valence-electron chi connectivity index (χ0n) is 5.41. The van der Waals surface area contributed by atoms with Crippen LogP contribution in [-0.4, -0.2) is 10.1 Å². The largest absolute Gasteiger partial charge is 0.506 e. The van der Waals surface area contributed by atoms with E-state index in [-0.39, 0.29) is 5.75 Å². The molecule has 11 heavy (non-hydrogen) atoms. The fourth-order valence-electron chi connectivity index (χ4n) is 0.907. The molecule has 0 unspecified atom stereocenters. The van der Waals surface area contributed by atoms with Gasteiger partial charge in [0.1, 0.15) is 11.3 Å². The summed E-state index contributed by atoms with van der Waals surface area (Å²) < 4.78 is 13.2. The molecule has 0 bridgehead atoms. The van der Waals surface area contributed by atoms with Crippen molar-refractivity contribution in [3.8, 4) is 5.75 Å². The quantitative estimate of drug-likeness (QED) is 0.655. The molecule has 2 rings (SSSR count). The molecule has 1 heterocycles. The van der Waals surface area contributed by atoms with Gasteiger partial charge in [0, 0.05) is 0 Å². The van der Waals surface area contributed by atoms with Gasteiger partial charge >= 0.3 is 0 Å². The second kappa shape index (κ2) is 2.17. The van der Waals surface area contributed by atoms with Crippen molar-refractivity contribution in [2.24, 2.45) is 0 Å². The van der Waals surface area contributed by atoms with E-state index in [2.05, 4.69) is 4.98 Å². The fourth-order valence-corrected chi connectivity index (χ4v) is 1.62. The van der Waals surface area contributed by atoms with E-state index in [9.17, 15) is 4.39 Å². The second-order valence-electron chi connectivity index (χ2n) is 2.09. The Bertz CT molecular complexity index is 398. The maximum Gasteiger partial charge on any atom is 0.270 e. The molecule has 0 aliphatic rings. The fraction of sp³-hybridized carbons (Fsp3) is 0. The molecule has 0 saturated heterocycles. The Hall–Kier alpha value is -1.16.